The SMILES string of the molecule is CCCCCCCCCCCCCCCC(=O)O[C@H]1CC[C@@](C)(OC(C)=O)[C@@H]2OC(C)(C[C@]1(C)O)[C@@H]1[C@H]2[C@@H](C(C)C)[C@H](OC(C)=O)[C@H](OC(C)=O)[C@@]12CO2. The lowest BCUT2D eigenvalue weighted by Crippen LogP contribution is -2.66. The zero-order valence-corrected chi connectivity index (χ0v) is 34.9. The number of hydrogen-bond donors (Lipinski definition) is 1. The first kappa shape index (κ1) is 44.5. The van der Waals surface area contributed by atoms with Crippen LogP contribution in [0.1, 0.15) is 171 Å². The van der Waals surface area contributed by atoms with E-state index in [1.165, 1.54) is 85.0 Å². The van der Waals surface area contributed by atoms with Gasteiger partial charge in [0.15, 0.2) is 6.10 Å². The zero-order chi connectivity index (χ0) is 39.9. The Hall–Kier alpha value is -2.24. The number of ether oxygens (including phenoxy) is 6. The number of rotatable bonds is 19. The van der Waals surface area contributed by atoms with E-state index in [9.17, 15) is 24.3 Å². The van der Waals surface area contributed by atoms with Gasteiger partial charge in [-0.2, -0.15) is 0 Å². The highest BCUT2D eigenvalue weighted by molar-refractivity contribution is 5.70. The van der Waals surface area contributed by atoms with Gasteiger partial charge in [0.05, 0.1) is 12.2 Å². The first-order chi connectivity index (χ1) is 25.4. The summed E-state index contributed by atoms with van der Waals surface area (Å²) in [5.41, 5.74) is -4.91. The summed E-state index contributed by atoms with van der Waals surface area (Å²) in [4.78, 5) is 51.3. The van der Waals surface area contributed by atoms with Crippen molar-refractivity contribution in [1.82, 2.24) is 0 Å². The monoisotopic (exact) mass is 765 g/mol. The number of epoxide rings is 1. The molecule has 0 amide bonds. The lowest BCUT2D eigenvalue weighted by molar-refractivity contribution is -0.209. The van der Waals surface area contributed by atoms with Crippen LogP contribution >= 0.6 is 0 Å². The van der Waals surface area contributed by atoms with Crippen molar-refractivity contribution in [1.29, 1.82) is 0 Å². The summed E-state index contributed by atoms with van der Waals surface area (Å²) in [5.74, 6) is -3.17. The van der Waals surface area contributed by atoms with Gasteiger partial charge < -0.3 is 33.5 Å². The maximum atomic E-state index is 13.3. The Morgan fingerprint density at radius 2 is 1.31 bits per heavy atom. The molecule has 4 rings (SSSR count). The Kier molecular flexibility index (Phi) is 15.5. The summed E-state index contributed by atoms with van der Waals surface area (Å²) in [6.45, 7) is 16.0. The molecule has 11 heteroatoms. The van der Waals surface area contributed by atoms with Gasteiger partial charge in [0, 0.05) is 51.4 Å². The molecule has 3 aliphatic heterocycles. The molecule has 2 bridgehead atoms. The zero-order valence-electron chi connectivity index (χ0n) is 34.9. The maximum absolute atomic E-state index is 13.3. The number of hydrogen-bond acceptors (Lipinski definition) is 11. The van der Waals surface area contributed by atoms with Crippen molar-refractivity contribution < 1.29 is 52.7 Å². The fourth-order valence-corrected chi connectivity index (χ4v) is 10.6. The average Bonchev–Trinajstić information content (AvgIpc) is 3.77. The number of esters is 4. The van der Waals surface area contributed by atoms with Crippen molar-refractivity contribution in [3.8, 4) is 0 Å². The van der Waals surface area contributed by atoms with Crippen LogP contribution in [0.4, 0.5) is 0 Å². The minimum absolute atomic E-state index is 0.0749. The summed E-state index contributed by atoms with van der Waals surface area (Å²) in [7, 11) is 0. The van der Waals surface area contributed by atoms with Gasteiger partial charge in [-0.05, 0) is 46.0 Å². The third-order valence-electron chi connectivity index (χ3n) is 12.8. The summed E-state index contributed by atoms with van der Waals surface area (Å²) in [6, 6.07) is 0. The summed E-state index contributed by atoms with van der Waals surface area (Å²) in [6.07, 6.45) is 13.2. The molecular weight excluding hydrogens is 692 g/mol. The van der Waals surface area contributed by atoms with Gasteiger partial charge >= 0.3 is 23.9 Å². The van der Waals surface area contributed by atoms with Crippen molar-refractivity contribution in [3.63, 3.8) is 0 Å². The molecule has 1 saturated carbocycles. The van der Waals surface area contributed by atoms with Gasteiger partial charge in [0.1, 0.15) is 35.1 Å². The second kappa shape index (κ2) is 18.8. The Labute approximate surface area is 324 Å². The van der Waals surface area contributed by atoms with E-state index in [1.807, 2.05) is 27.7 Å². The molecule has 4 aliphatic rings. The van der Waals surface area contributed by atoms with Crippen molar-refractivity contribution in [3.05, 3.63) is 0 Å². The maximum Gasteiger partial charge on any atom is 0.306 e. The van der Waals surface area contributed by atoms with Gasteiger partial charge in [-0.25, -0.2) is 0 Å². The standard InChI is InChI=1S/C43H72O11/c1-10-11-12-13-14-15-16-17-18-19-20-21-22-23-33(47)52-32-24-25-41(8,53-31(6)46)38-35-34(28(2)3)36(50-29(4)44)39(51-30(5)45)43(27-49-43)37(35)42(9,54-38)26-40(32,7)48/h28,32,34-39,48H,10-27H2,1-9H3/t32-,34+,35+,36-,37-,38+,39-,40-,41+,42?,43+/m0/s1. The van der Waals surface area contributed by atoms with Crippen LogP contribution in [0.5, 0.6) is 0 Å². The van der Waals surface area contributed by atoms with Crippen molar-refractivity contribution in [2.45, 2.75) is 218 Å². The Morgan fingerprint density at radius 1 is 0.778 bits per heavy atom. The van der Waals surface area contributed by atoms with E-state index in [0.29, 0.717) is 0 Å². The molecule has 0 aromatic rings. The van der Waals surface area contributed by atoms with E-state index in [-0.39, 0.29) is 56.0 Å². The molecule has 3 heterocycles. The predicted molar refractivity (Wildman–Crippen MR) is 203 cm³/mol. The fourth-order valence-electron chi connectivity index (χ4n) is 10.6. The van der Waals surface area contributed by atoms with Crippen molar-refractivity contribution >= 4 is 23.9 Å². The predicted octanol–water partition coefficient (Wildman–Crippen LogP) is 7.94. The molecule has 54 heavy (non-hydrogen) atoms. The second-order valence-electron chi connectivity index (χ2n) is 18.0. The van der Waals surface area contributed by atoms with Crippen molar-refractivity contribution in [2.75, 3.05) is 6.61 Å². The van der Waals surface area contributed by atoms with Gasteiger partial charge in [-0.1, -0.05) is 97.8 Å². The van der Waals surface area contributed by atoms with Crippen LogP contribution in [0.3, 0.4) is 0 Å². The first-order valence-corrected chi connectivity index (χ1v) is 21.2. The number of fused-ring (bicyclic) bond motifs is 6. The molecule has 1 unspecified atom stereocenters. The minimum atomic E-state index is -1.53. The highest BCUT2D eigenvalue weighted by Gasteiger charge is 2.79. The Bertz CT molecular complexity index is 1280. The minimum Gasteiger partial charge on any atom is -0.459 e. The van der Waals surface area contributed by atoms with Crippen LogP contribution in [0, 0.1) is 23.7 Å². The average molecular weight is 765 g/mol. The van der Waals surface area contributed by atoms with Crippen LogP contribution < -0.4 is 0 Å². The van der Waals surface area contributed by atoms with Crippen LogP contribution in [-0.4, -0.2) is 82.4 Å². The number of carbonyl (C=O) groups excluding carboxylic acids is 4. The van der Waals surface area contributed by atoms with E-state index in [1.54, 1.807) is 6.92 Å². The van der Waals surface area contributed by atoms with E-state index < -0.39 is 70.6 Å². The molecule has 3 saturated heterocycles. The summed E-state index contributed by atoms with van der Waals surface area (Å²) < 4.78 is 37.7. The normalized spacial score (nSPS) is 37.1. The highest BCUT2D eigenvalue weighted by Crippen LogP contribution is 2.66. The molecule has 1 spiro atoms. The molecule has 0 aromatic heterocycles. The molecular formula is C43H72O11. The largest absolute Gasteiger partial charge is 0.459 e. The lowest BCUT2D eigenvalue weighted by Gasteiger charge is -2.53. The van der Waals surface area contributed by atoms with Crippen LogP contribution in [0.25, 0.3) is 0 Å². The van der Waals surface area contributed by atoms with Crippen LogP contribution in [-0.2, 0) is 47.6 Å². The molecule has 11 nitrogen and oxygen atoms in total. The Morgan fingerprint density at radius 3 is 1.80 bits per heavy atom. The molecule has 0 radical (unpaired) electrons. The first-order valence-electron chi connectivity index (χ1n) is 21.2. The second-order valence-corrected chi connectivity index (χ2v) is 18.0. The van der Waals surface area contributed by atoms with Gasteiger partial charge in [0.2, 0.25) is 0 Å². The molecule has 11 atom stereocenters. The molecule has 1 N–H and O–H groups in total. The number of unbranched alkanes of at least 4 members (excludes halogenated alkanes) is 12. The third kappa shape index (κ3) is 10.6. The van der Waals surface area contributed by atoms with Crippen LogP contribution in [0.15, 0.2) is 0 Å². The quantitative estimate of drug-likeness (QED) is 0.0592. The lowest BCUT2D eigenvalue weighted by atomic mass is 9.53. The summed E-state index contributed by atoms with van der Waals surface area (Å²) in [5, 5.41) is 12.3. The number of aliphatic hydroxyl groups is 1. The van der Waals surface area contributed by atoms with Gasteiger partial charge in [0.25, 0.3) is 0 Å². The van der Waals surface area contributed by atoms with Gasteiger partial charge in [-0.3, -0.25) is 19.2 Å². The smallest absolute Gasteiger partial charge is 0.306 e. The molecule has 310 valence electrons. The van der Waals surface area contributed by atoms with E-state index in [2.05, 4.69) is 6.92 Å². The van der Waals surface area contributed by atoms with E-state index >= 15 is 0 Å². The number of carbonyl (C=O) groups is 4. The molecule has 1 aliphatic carbocycles. The van der Waals surface area contributed by atoms with Crippen LogP contribution in [0.2, 0.25) is 0 Å². The van der Waals surface area contributed by atoms with Crippen molar-refractivity contribution in [2.24, 2.45) is 23.7 Å². The highest BCUT2D eigenvalue weighted by atomic mass is 16.7. The molecule has 4 fully saturated rings. The fraction of sp³-hybridized carbons (Fsp3) is 0.907. The third-order valence-corrected chi connectivity index (χ3v) is 12.8. The van der Waals surface area contributed by atoms with E-state index in [0.717, 1.165) is 19.3 Å². The summed E-state index contributed by atoms with van der Waals surface area (Å²) >= 11 is 0. The molecule has 0 aromatic carbocycles. The van der Waals surface area contributed by atoms with Gasteiger partial charge in [-0.15, -0.1) is 0 Å². The van der Waals surface area contributed by atoms with E-state index in [4.69, 9.17) is 28.4 Å². The Balaban J connectivity index is 1.50. The topological polar surface area (TPSA) is 147 Å².